The highest BCUT2D eigenvalue weighted by Gasteiger charge is 2.05. The van der Waals surface area contributed by atoms with Crippen LogP contribution in [0.5, 0.6) is 0 Å². The van der Waals surface area contributed by atoms with Crippen molar-refractivity contribution in [3.63, 3.8) is 0 Å². The quantitative estimate of drug-likeness (QED) is 0.830. The highest BCUT2D eigenvalue weighted by atomic mass is 16.1. The lowest BCUT2D eigenvalue weighted by atomic mass is 10.2. The highest BCUT2D eigenvalue weighted by Crippen LogP contribution is 2.10. The number of aromatic nitrogens is 2. The lowest BCUT2D eigenvalue weighted by Crippen LogP contribution is -2.12. The van der Waals surface area contributed by atoms with Gasteiger partial charge in [0, 0.05) is 18.1 Å². The largest absolute Gasteiger partial charge is 0.322 e. The van der Waals surface area contributed by atoms with Gasteiger partial charge in [0.25, 0.3) is 5.91 Å². The average molecular weight is 213 g/mol. The number of carbonyl (C=O) groups excluding carboxylic acids is 1. The molecule has 2 aromatic rings. The van der Waals surface area contributed by atoms with Gasteiger partial charge < -0.3 is 5.32 Å². The lowest BCUT2D eigenvalue weighted by Gasteiger charge is -2.04. The first-order valence-electron chi connectivity index (χ1n) is 4.89. The van der Waals surface area contributed by atoms with E-state index < -0.39 is 0 Å². The predicted octanol–water partition coefficient (Wildman–Crippen LogP) is 2.04. The molecule has 0 aliphatic heterocycles. The second-order valence-corrected chi connectivity index (χ2v) is 3.45. The number of carbonyl (C=O) groups is 1. The van der Waals surface area contributed by atoms with Crippen molar-refractivity contribution in [1.29, 1.82) is 0 Å². The minimum atomic E-state index is -0.203. The molecule has 0 saturated heterocycles. The molecule has 0 saturated carbocycles. The van der Waals surface area contributed by atoms with Crippen LogP contribution in [-0.2, 0) is 0 Å². The topological polar surface area (TPSA) is 54.9 Å². The van der Waals surface area contributed by atoms with Crippen molar-refractivity contribution in [3.05, 3.63) is 54.1 Å². The van der Waals surface area contributed by atoms with Crippen LogP contribution in [0.2, 0.25) is 0 Å². The smallest absolute Gasteiger partial charge is 0.258 e. The van der Waals surface area contributed by atoms with Crippen molar-refractivity contribution in [3.8, 4) is 0 Å². The summed E-state index contributed by atoms with van der Waals surface area (Å²) in [5.74, 6) is -0.203. The summed E-state index contributed by atoms with van der Waals surface area (Å²) in [6, 6.07) is 7.62. The van der Waals surface area contributed by atoms with Crippen LogP contribution in [0.25, 0.3) is 0 Å². The Hall–Kier alpha value is -2.23. The first-order chi connectivity index (χ1) is 7.75. The number of hydrogen-bond acceptors (Lipinski definition) is 3. The van der Waals surface area contributed by atoms with E-state index in [4.69, 9.17) is 0 Å². The molecule has 1 aromatic heterocycles. The number of rotatable bonds is 2. The fraction of sp³-hybridized carbons (Fsp3) is 0.0833. The zero-order valence-corrected chi connectivity index (χ0v) is 8.84. The van der Waals surface area contributed by atoms with Crippen LogP contribution < -0.4 is 5.32 Å². The van der Waals surface area contributed by atoms with E-state index in [2.05, 4.69) is 15.3 Å². The fourth-order valence-electron chi connectivity index (χ4n) is 1.34. The van der Waals surface area contributed by atoms with Gasteiger partial charge in [-0.05, 0) is 24.6 Å². The molecule has 0 spiro atoms. The molecule has 0 aliphatic rings. The van der Waals surface area contributed by atoms with E-state index in [-0.39, 0.29) is 5.91 Å². The molecule has 0 bridgehead atoms. The van der Waals surface area contributed by atoms with Crippen LogP contribution in [0.1, 0.15) is 15.9 Å². The molecule has 1 amide bonds. The number of benzene rings is 1. The van der Waals surface area contributed by atoms with Gasteiger partial charge in [-0.3, -0.25) is 4.79 Å². The number of anilines is 1. The van der Waals surface area contributed by atoms with E-state index >= 15 is 0 Å². The third kappa shape index (κ3) is 2.42. The normalized spacial score (nSPS) is 9.81. The van der Waals surface area contributed by atoms with Crippen molar-refractivity contribution >= 4 is 11.6 Å². The van der Waals surface area contributed by atoms with Gasteiger partial charge in [0.1, 0.15) is 6.33 Å². The SMILES string of the molecule is Cc1cccc(NC(=O)c2cncnc2)c1. The van der Waals surface area contributed by atoms with E-state index in [1.165, 1.54) is 18.7 Å². The van der Waals surface area contributed by atoms with Gasteiger partial charge in [-0.25, -0.2) is 9.97 Å². The van der Waals surface area contributed by atoms with E-state index in [9.17, 15) is 4.79 Å². The average Bonchev–Trinajstić information content (AvgIpc) is 2.30. The number of nitrogens with one attached hydrogen (secondary N) is 1. The molecule has 0 radical (unpaired) electrons. The molecule has 0 atom stereocenters. The second kappa shape index (κ2) is 4.53. The Balaban J connectivity index is 2.14. The molecule has 4 nitrogen and oxygen atoms in total. The zero-order valence-electron chi connectivity index (χ0n) is 8.84. The van der Waals surface area contributed by atoms with Gasteiger partial charge in [-0.1, -0.05) is 12.1 Å². The molecule has 1 aromatic carbocycles. The first kappa shape index (κ1) is 10.3. The van der Waals surface area contributed by atoms with E-state index in [1.54, 1.807) is 0 Å². The Bertz CT molecular complexity index is 497. The Kier molecular flexibility index (Phi) is 2.91. The molecule has 4 heteroatoms. The monoisotopic (exact) mass is 213 g/mol. The summed E-state index contributed by atoms with van der Waals surface area (Å²) >= 11 is 0. The maximum absolute atomic E-state index is 11.7. The van der Waals surface area contributed by atoms with Crippen molar-refractivity contribution in [2.24, 2.45) is 0 Å². The third-order valence-corrected chi connectivity index (χ3v) is 2.10. The Morgan fingerprint density at radius 3 is 2.69 bits per heavy atom. The third-order valence-electron chi connectivity index (χ3n) is 2.10. The summed E-state index contributed by atoms with van der Waals surface area (Å²) in [5.41, 5.74) is 2.32. The summed E-state index contributed by atoms with van der Waals surface area (Å²) in [5, 5.41) is 2.78. The molecule has 0 unspecified atom stereocenters. The molecule has 0 fully saturated rings. The molecular weight excluding hydrogens is 202 g/mol. The molecule has 16 heavy (non-hydrogen) atoms. The summed E-state index contributed by atoms with van der Waals surface area (Å²) in [6.45, 7) is 1.97. The Morgan fingerprint density at radius 2 is 2.00 bits per heavy atom. The minimum Gasteiger partial charge on any atom is -0.322 e. The standard InChI is InChI=1S/C12H11N3O/c1-9-3-2-4-11(5-9)15-12(16)10-6-13-8-14-7-10/h2-8H,1H3,(H,15,16). The van der Waals surface area contributed by atoms with Crippen molar-refractivity contribution in [2.75, 3.05) is 5.32 Å². The molecule has 2 rings (SSSR count). The Labute approximate surface area is 93.4 Å². The van der Waals surface area contributed by atoms with Crippen LogP contribution in [0.15, 0.2) is 43.0 Å². The molecule has 1 N–H and O–H groups in total. The highest BCUT2D eigenvalue weighted by molar-refractivity contribution is 6.03. The minimum absolute atomic E-state index is 0.203. The molecular formula is C12H11N3O. The summed E-state index contributed by atoms with van der Waals surface area (Å²) in [4.78, 5) is 19.3. The van der Waals surface area contributed by atoms with Gasteiger partial charge in [-0.2, -0.15) is 0 Å². The van der Waals surface area contributed by atoms with Crippen LogP contribution in [0.3, 0.4) is 0 Å². The zero-order chi connectivity index (χ0) is 11.4. The van der Waals surface area contributed by atoms with Crippen LogP contribution >= 0.6 is 0 Å². The van der Waals surface area contributed by atoms with E-state index in [0.717, 1.165) is 11.3 Å². The van der Waals surface area contributed by atoms with Crippen molar-refractivity contribution in [2.45, 2.75) is 6.92 Å². The van der Waals surface area contributed by atoms with Gasteiger partial charge >= 0.3 is 0 Å². The first-order valence-corrected chi connectivity index (χ1v) is 4.89. The van der Waals surface area contributed by atoms with Crippen LogP contribution in [-0.4, -0.2) is 15.9 Å². The van der Waals surface area contributed by atoms with E-state index in [0.29, 0.717) is 5.56 Å². The van der Waals surface area contributed by atoms with E-state index in [1.807, 2.05) is 31.2 Å². The lowest BCUT2D eigenvalue weighted by molar-refractivity contribution is 0.102. The summed E-state index contributed by atoms with van der Waals surface area (Å²) in [7, 11) is 0. The second-order valence-electron chi connectivity index (χ2n) is 3.45. The predicted molar refractivity (Wildman–Crippen MR) is 61.2 cm³/mol. The van der Waals surface area contributed by atoms with Crippen molar-refractivity contribution in [1.82, 2.24) is 9.97 Å². The van der Waals surface area contributed by atoms with Gasteiger partial charge in [-0.15, -0.1) is 0 Å². The van der Waals surface area contributed by atoms with Crippen LogP contribution in [0, 0.1) is 6.92 Å². The van der Waals surface area contributed by atoms with Gasteiger partial charge in [0.2, 0.25) is 0 Å². The van der Waals surface area contributed by atoms with Crippen LogP contribution in [0.4, 0.5) is 5.69 Å². The molecule has 1 heterocycles. The maximum atomic E-state index is 11.7. The molecule has 80 valence electrons. The van der Waals surface area contributed by atoms with Gasteiger partial charge in [0.15, 0.2) is 0 Å². The Morgan fingerprint density at radius 1 is 1.25 bits per heavy atom. The number of amides is 1. The summed E-state index contributed by atoms with van der Waals surface area (Å²) < 4.78 is 0. The summed E-state index contributed by atoms with van der Waals surface area (Å²) in [6.07, 6.45) is 4.36. The van der Waals surface area contributed by atoms with Gasteiger partial charge in [0.05, 0.1) is 5.56 Å². The molecule has 0 aliphatic carbocycles. The number of nitrogens with zero attached hydrogens (tertiary/aromatic N) is 2. The maximum Gasteiger partial charge on any atom is 0.258 e. The fourth-order valence-corrected chi connectivity index (χ4v) is 1.34. The number of aryl methyl sites for hydroxylation is 1. The van der Waals surface area contributed by atoms with Crippen molar-refractivity contribution < 1.29 is 4.79 Å². The number of hydrogen-bond donors (Lipinski definition) is 1.